The zero-order valence-corrected chi connectivity index (χ0v) is 13.1. The highest BCUT2D eigenvalue weighted by molar-refractivity contribution is 7.72. The Morgan fingerprint density at radius 1 is 1.43 bits per heavy atom. The van der Waals surface area contributed by atoms with Gasteiger partial charge in [0.2, 0.25) is 10.7 Å². The van der Waals surface area contributed by atoms with Gasteiger partial charge < -0.3 is 9.64 Å². The van der Waals surface area contributed by atoms with E-state index in [1.165, 1.54) is 4.68 Å². The van der Waals surface area contributed by atoms with E-state index < -0.39 is 22.4 Å². The fourth-order valence-electron chi connectivity index (χ4n) is 2.23. The van der Waals surface area contributed by atoms with Crippen LogP contribution in [0, 0.1) is 0 Å². The van der Waals surface area contributed by atoms with Crippen molar-refractivity contribution in [2.45, 2.75) is 57.0 Å². The zero-order chi connectivity index (χ0) is 15.6. The number of ether oxygens (including phenoxy) is 1. The maximum absolute atomic E-state index is 12.1. The number of aromatic nitrogens is 4. The molecule has 1 aromatic rings. The number of nitrogens with zero attached hydrogens (tertiary/aromatic N) is 5. The Hall–Kier alpha value is -1.71. The summed E-state index contributed by atoms with van der Waals surface area (Å²) in [5.41, 5.74) is -0.567. The molecule has 1 aromatic heterocycles. The van der Waals surface area contributed by atoms with Crippen molar-refractivity contribution < 1.29 is 17.9 Å². The maximum atomic E-state index is 12.1. The maximum Gasteiger partial charge on any atom is 0.410 e. The van der Waals surface area contributed by atoms with Crippen LogP contribution in [-0.2, 0) is 22.0 Å². The van der Waals surface area contributed by atoms with Crippen molar-refractivity contribution in [3.8, 4) is 0 Å². The van der Waals surface area contributed by atoms with E-state index in [2.05, 4.69) is 15.5 Å². The number of likely N-dealkylation sites (tertiary alicyclic amines) is 1. The van der Waals surface area contributed by atoms with Crippen molar-refractivity contribution in [1.82, 2.24) is 25.1 Å². The van der Waals surface area contributed by atoms with E-state index in [-0.39, 0.29) is 17.7 Å². The van der Waals surface area contributed by atoms with Crippen LogP contribution < -0.4 is 0 Å². The molecule has 1 fully saturated rings. The standard InChI is InChI=1S/C11H19N5O4S/c1-11(2,3)20-10(17)15-6-4-5-8(15)7-16-9(21(18)19)12-13-14-16/h8,21H,4-7H2,1-3H3/t8-/m0/s1. The van der Waals surface area contributed by atoms with E-state index in [1.54, 1.807) is 25.7 Å². The second kappa shape index (κ2) is 5.96. The molecule has 0 unspecified atom stereocenters. The Kier molecular flexibility index (Phi) is 4.45. The summed E-state index contributed by atoms with van der Waals surface area (Å²) in [6.07, 6.45) is 1.20. The summed E-state index contributed by atoms with van der Waals surface area (Å²) in [5, 5.41) is 10.3. The molecule has 0 bridgehead atoms. The van der Waals surface area contributed by atoms with E-state index in [4.69, 9.17) is 4.74 Å². The van der Waals surface area contributed by atoms with Gasteiger partial charge in [-0.05, 0) is 44.0 Å². The van der Waals surface area contributed by atoms with Crippen LogP contribution in [0.4, 0.5) is 4.79 Å². The van der Waals surface area contributed by atoms with Crippen molar-refractivity contribution in [2.75, 3.05) is 6.54 Å². The fourth-order valence-corrected chi connectivity index (χ4v) is 2.66. The minimum absolute atomic E-state index is 0.169. The van der Waals surface area contributed by atoms with Gasteiger partial charge in [0.25, 0.3) is 5.16 Å². The van der Waals surface area contributed by atoms with E-state index in [1.807, 2.05) is 0 Å². The summed E-state index contributed by atoms with van der Waals surface area (Å²) in [6.45, 7) is 6.23. The van der Waals surface area contributed by atoms with Crippen LogP contribution in [-0.4, -0.2) is 57.8 Å². The lowest BCUT2D eigenvalue weighted by molar-refractivity contribution is 0.0209. The zero-order valence-electron chi connectivity index (χ0n) is 12.2. The average Bonchev–Trinajstić information content (AvgIpc) is 2.95. The Morgan fingerprint density at radius 3 is 2.76 bits per heavy atom. The van der Waals surface area contributed by atoms with Crippen LogP contribution >= 0.6 is 0 Å². The Bertz CT molecular complexity index is 584. The second-order valence-electron chi connectivity index (χ2n) is 5.89. The molecule has 0 radical (unpaired) electrons. The normalized spacial score (nSPS) is 19.2. The molecule has 1 aliphatic heterocycles. The highest BCUT2D eigenvalue weighted by Crippen LogP contribution is 2.22. The highest BCUT2D eigenvalue weighted by Gasteiger charge is 2.33. The molecule has 1 aliphatic rings. The Labute approximate surface area is 124 Å². The van der Waals surface area contributed by atoms with Crippen LogP contribution in [0.5, 0.6) is 0 Å². The van der Waals surface area contributed by atoms with Gasteiger partial charge in [0.15, 0.2) is 0 Å². The first-order chi connectivity index (χ1) is 9.78. The molecule has 1 amide bonds. The number of thiol groups is 1. The first kappa shape index (κ1) is 15.7. The van der Waals surface area contributed by atoms with Gasteiger partial charge in [-0.1, -0.05) is 5.10 Å². The molecule has 0 N–H and O–H groups in total. The van der Waals surface area contributed by atoms with E-state index >= 15 is 0 Å². The molecule has 9 nitrogen and oxygen atoms in total. The van der Waals surface area contributed by atoms with Crippen LogP contribution in [0.25, 0.3) is 0 Å². The number of tetrazole rings is 1. The van der Waals surface area contributed by atoms with Crippen molar-refractivity contribution >= 4 is 16.8 Å². The SMILES string of the molecule is CC(C)(C)OC(=O)N1CCC[C@H]1Cn1nnnc1[SH](=O)=O. The summed E-state index contributed by atoms with van der Waals surface area (Å²) in [6, 6.07) is -0.169. The first-order valence-corrected chi connectivity index (χ1v) is 7.86. The Balaban J connectivity index is 2.09. The van der Waals surface area contributed by atoms with Crippen LogP contribution in [0.3, 0.4) is 0 Å². The van der Waals surface area contributed by atoms with Crippen molar-refractivity contribution in [1.29, 1.82) is 0 Å². The molecule has 21 heavy (non-hydrogen) atoms. The number of amides is 1. The lowest BCUT2D eigenvalue weighted by atomic mass is 10.2. The number of hydrogen-bond donors (Lipinski definition) is 1. The van der Waals surface area contributed by atoms with Gasteiger partial charge in [-0.25, -0.2) is 17.9 Å². The average molecular weight is 317 g/mol. The second-order valence-corrected chi connectivity index (χ2v) is 6.80. The third-order valence-electron chi connectivity index (χ3n) is 3.07. The topological polar surface area (TPSA) is 107 Å². The van der Waals surface area contributed by atoms with Crippen LogP contribution in [0.15, 0.2) is 5.16 Å². The molecule has 0 saturated carbocycles. The van der Waals surface area contributed by atoms with Gasteiger partial charge in [0.05, 0.1) is 12.6 Å². The molecule has 1 atom stereocenters. The van der Waals surface area contributed by atoms with E-state index in [9.17, 15) is 13.2 Å². The third-order valence-corrected chi connectivity index (χ3v) is 3.71. The molecular formula is C11H19N5O4S. The monoisotopic (exact) mass is 317 g/mol. The fraction of sp³-hybridized carbons (Fsp3) is 0.818. The number of carbonyl (C=O) groups is 1. The largest absolute Gasteiger partial charge is 0.444 e. The first-order valence-electron chi connectivity index (χ1n) is 6.68. The minimum atomic E-state index is -2.86. The predicted molar refractivity (Wildman–Crippen MR) is 72.4 cm³/mol. The molecule has 0 aromatic carbocycles. The van der Waals surface area contributed by atoms with E-state index in [0.29, 0.717) is 6.54 Å². The van der Waals surface area contributed by atoms with Gasteiger partial charge in [-0.15, -0.1) is 0 Å². The van der Waals surface area contributed by atoms with Gasteiger partial charge in [0, 0.05) is 6.54 Å². The van der Waals surface area contributed by atoms with E-state index in [0.717, 1.165) is 12.8 Å². The van der Waals surface area contributed by atoms with Crippen molar-refractivity contribution in [3.05, 3.63) is 0 Å². The van der Waals surface area contributed by atoms with Gasteiger partial charge >= 0.3 is 6.09 Å². The van der Waals surface area contributed by atoms with Crippen LogP contribution in [0.2, 0.25) is 0 Å². The molecule has 0 aliphatic carbocycles. The molecule has 0 spiro atoms. The lowest BCUT2D eigenvalue weighted by Gasteiger charge is -2.28. The summed E-state index contributed by atoms with van der Waals surface area (Å²) in [7, 11) is -2.86. The summed E-state index contributed by atoms with van der Waals surface area (Å²) in [4.78, 5) is 13.7. The lowest BCUT2D eigenvalue weighted by Crippen LogP contribution is -2.41. The molecule has 1 saturated heterocycles. The molecular weight excluding hydrogens is 298 g/mol. The smallest absolute Gasteiger partial charge is 0.410 e. The summed E-state index contributed by atoms with van der Waals surface area (Å²) < 4.78 is 28.6. The summed E-state index contributed by atoms with van der Waals surface area (Å²) >= 11 is 0. The van der Waals surface area contributed by atoms with Crippen molar-refractivity contribution in [3.63, 3.8) is 0 Å². The van der Waals surface area contributed by atoms with Crippen LogP contribution in [0.1, 0.15) is 33.6 Å². The van der Waals surface area contributed by atoms with Gasteiger partial charge in [0.1, 0.15) is 5.60 Å². The molecule has 2 rings (SSSR count). The van der Waals surface area contributed by atoms with Gasteiger partial charge in [-0.3, -0.25) is 0 Å². The third kappa shape index (κ3) is 3.90. The molecule has 10 heteroatoms. The predicted octanol–water partition coefficient (Wildman–Crippen LogP) is 0.0429. The number of carbonyl (C=O) groups excluding carboxylic acids is 1. The van der Waals surface area contributed by atoms with Gasteiger partial charge in [-0.2, -0.15) is 0 Å². The number of rotatable bonds is 3. The number of hydrogen-bond acceptors (Lipinski definition) is 7. The quantitative estimate of drug-likeness (QED) is 0.784. The Morgan fingerprint density at radius 2 is 2.14 bits per heavy atom. The summed E-state index contributed by atoms with van der Waals surface area (Å²) in [5.74, 6) is 0. The van der Waals surface area contributed by atoms with Crippen molar-refractivity contribution in [2.24, 2.45) is 0 Å². The molecule has 2 heterocycles. The minimum Gasteiger partial charge on any atom is -0.444 e. The highest BCUT2D eigenvalue weighted by atomic mass is 32.2. The molecule has 118 valence electrons.